The molecule has 0 saturated carbocycles. The Labute approximate surface area is 76.7 Å². The van der Waals surface area contributed by atoms with Crippen molar-refractivity contribution >= 4 is 28.3 Å². The molecule has 0 amide bonds. The molecule has 0 bridgehead atoms. The topological polar surface area (TPSA) is 26.0 Å². The van der Waals surface area contributed by atoms with Crippen LogP contribution in [-0.2, 0) is 0 Å². The summed E-state index contributed by atoms with van der Waals surface area (Å²) in [6.07, 6.45) is -2.48. The largest absolute Gasteiger partial charge is 0.398 e. The number of hydrogen-bond donors (Lipinski definition) is 1. The number of halogens is 3. The predicted molar refractivity (Wildman–Crippen MR) is 48.5 cm³/mol. The molecule has 11 heavy (non-hydrogen) atoms. The number of nitrogen functional groups attached to an aromatic ring is 1. The molecule has 0 fully saturated rings. The van der Waals surface area contributed by atoms with E-state index in [1.54, 1.807) is 12.1 Å². The van der Waals surface area contributed by atoms with Gasteiger partial charge in [-0.25, -0.2) is 8.78 Å². The van der Waals surface area contributed by atoms with Gasteiger partial charge in [-0.05, 0) is 34.7 Å². The Kier molecular flexibility index (Phi) is 2.64. The quantitative estimate of drug-likeness (QED) is 0.615. The van der Waals surface area contributed by atoms with E-state index in [4.69, 9.17) is 5.73 Å². The molecule has 60 valence electrons. The molecule has 1 aromatic rings. The lowest BCUT2D eigenvalue weighted by Gasteiger charge is -2.05. The number of anilines is 1. The van der Waals surface area contributed by atoms with Crippen LogP contribution in [0.4, 0.5) is 14.5 Å². The molecule has 0 unspecified atom stereocenters. The number of alkyl halides is 2. The Balaban J connectivity index is 3.21. The summed E-state index contributed by atoms with van der Waals surface area (Å²) in [7, 11) is 0. The number of hydrogen-bond acceptors (Lipinski definition) is 1. The summed E-state index contributed by atoms with van der Waals surface area (Å²) in [6, 6.07) is 4.74. The molecule has 4 heteroatoms. The van der Waals surface area contributed by atoms with E-state index >= 15 is 0 Å². The van der Waals surface area contributed by atoms with Crippen molar-refractivity contribution in [3.8, 4) is 0 Å². The first-order valence-corrected chi connectivity index (χ1v) is 4.03. The van der Waals surface area contributed by atoms with Gasteiger partial charge in [0.2, 0.25) is 0 Å². The van der Waals surface area contributed by atoms with Crippen LogP contribution in [-0.4, -0.2) is 0 Å². The van der Waals surface area contributed by atoms with E-state index in [0.717, 1.165) is 0 Å². The van der Waals surface area contributed by atoms with Crippen molar-refractivity contribution in [2.75, 3.05) is 5.73 Å². The molecular formula is C7H6F2IN. The van der Waals surface area contributed by atoms with Gasteiger partial charge >= 0.3 is 0 Å². The second kappa shape index (κ2) is 3.34. The first-order valence-electron chi connectivity index (χ1n) is 2.95. The highest BCUT2D eigenvalue weighted by Gasteiger charge is 2.13. The van der Waals surface area contributed by atoms with E-state index in [0.29, 0.717) is 3.57 Å². The maximum absolute atomic E-state index is 12.2. The number of nitrogens with two attached hydrogens (primary N) is 1. The van der Waals surface area contributed by atoms with Crippen LogP contribution in [0.5, 0.6) is 0 Å². The van der Waals surface area contributed by atoms with E-state index in [1.165, 1.54) is 6.07 Å². The van der Waals surface area contributed by atoms with Crippen molar-refractivity contribution in [2.45, 2.75) is 6.43 Å². The molecule has 1 nitrogen and oxygen atoms in total. The van der Waals surface area contributed by atoms with Gasteiger partial charge < -0.3 is 5.73 Å². The van der Waals surface area contributed by atoms with Gasteiger partial charge in [0.05, 0.1) is 5.56 Å². The normalized spacial score (nSPS) is 10.5. The number of benzene rings is 1. The summed E-state index contributed by atoms with van der Waals surface area (Å²) < 4.78 is 24.9. The van der Waals surface area contributed by atoms with Gasteiger partial charge in [0, 0.05) is 9.26 Å². The van der Waals surface area contributed by atoms with E-state index in [9.17, 15) is 8.78 Å². The molecule has 0 heterocycles. The predicted octanol–water partition coefficient (Wildman–Crippen LogP) is 2.81. The molecule has 0 aliphatic heterocycles. The second-order valence-corrected chi connectivity index (χ2v) is 3.21. The lowest BCUT2D eigenvalue weighted by molar-refractivity contribution is 0.151. The Hall–Kier alpha value is -0.390. The first-order chi connectivity index (χ1) is 5.13. The summed E-state index contributed by atoms with van der Waals surface area (Å²) in [5.74, 6) is 0. The minimum absolute atomic E-state index is 0.0619. The maximum Gasteiger partial charge on any atom is 0.266 e. The van der Waals surface area contributed by atoms with Gasteiger partial charge in [-0.15, -0.1) is 0 Å². The Morgan fingerprint density at radius 2 is 2.00 bits per heavy atom. The van der Waals surface area contributed by atoms with Crippen LogP contribution in [0.25, 0.3) is 0 Å². The molecular weight excluding hydrogens is 263 g/mol. The minimum Gasteiger partial charge on any atom is -0.398 e. The van der Waals surface area contributed by atoms with Crippen molar-refractivity contribution in [3.63, 3.8) is 0 Å². The van der Waals surface area contributed by atoms with Crippen molar-refractivity contribution in [1.29, 1.82) is 0 Å². The average Bonchev–Trinajstić information content (AvgIpc) is 1.85. The fraction of sp³-hybridized carbons (Fsp3) is 0.143. The highest BCUT2D eigenvalue weighted by atomic mass is 127. The van der Waals surface area contributed by atoms with Crippen molar-refractivity contribution in [3.05, 3.63) is 27.3 Å². The standard InChI is InChI=1S/C7H6F2IN/c8-7(9)6-4(10)2-1-3-5(6)11/h1-3,7H,11H2. The Bertz CT molecular complexity index is 242. The van der Waals surface area contributed by atoms with Crippen LogP contribution in [0.3, 0.4) is 0 Å². The van der Waals surface area contributed by atoms with E-state index in [-0.39, 0.29) is 11.3 Å². The Morgan fingerprint density at radius 1 is 1.36 bits per heavy atom. The molecule has 0 radical (unpaired) electrons. The third kappa shape index (κ3) is 1.79. The van der Waals surface area contributed by atoms with Gasteiger partial charge in [-0.2, -0.15) is 0 Å². The molecule has 0 spiro atoms. The van der Waals surface area contributed by atoms with Gasteiger partial charge in [-0.1, -0.05) is 6.07 Å². The average molecular weight is 269 g/mol. The molecule has 0 aliphatic rings. The van der Waals surface area contributed by atoms with Crippen molar-refractivity contribution in [1.82, 2.24) is 0 Å². The smallest absolute Gasteiger partial charge is 0.266 e. The van der Waals surface area contributed by atoms with Gasteiger partial charge in [0.15, 0.2) is 0 Å². The van der Waals surface area contributed by atoms with Crippen LogP contribution in [0, 0.1) is 3.57 Å². The molecule has 0 aliphatic carbocycles. The Morgan fingerprint density at radius 3 is 2.36 bits per heavy atom. The van der Waals surface area contributed by atoms with Crippen LogP contribution in [0.1, 0.15) is 12.0 Å². The molecule has 2 N–H and O–H groups in total. The van der Waals surface area contributed by atoms with E-state index in [1.807, 2.05) is 22.6 Å². The summed E-state index contributed by atoms with van der Waals surface area (Å²) in [4.78, 5) is 0. The molecule has 1 aromatic carbocycles. The molecule has 1 rings (SSSR count). The van der Waals surface area contributed by atoms with Crippen molar-refractivity contribution < 1.29 is 8.78 Å². The summed E-state index contributed by atoms with van der Waals surface area (Å²) in [5, 5.41) is 0. The molecule has 0 atom stereocenters. The molecule has 0 saturated heterocycles. The fourth-order valence-electron chi connectivity index (χ4n) is 0.784. The monoisotopic (exact) mass is 269 g/mol. The zero-order valence-electron chi connectivity index (χ0n) is 5.52. The minimum atomic E-state index is -2.48. The van der Waals surface area contributed by atoms with Crippen LogP contribution in [0.2, 0.25) is 0 Å². The lowest BCUT2D eigenvalue weighted by Crippen LogP contribution is -1.96. The summed E-state index contributed by atoms with van der Waals surface area (Å²) in [5.41, 5.74) is 5.43. The maximum atomic E-state index is 12.2. The highest BCUT2D eigenvalue weighted by Crippen LogP contribution is 2.29. The van der Waals surface area contributed by atoms with Crippen molar-refractivity contribution in [2.24, 2.45) is 0 Å². The lowest BCUT2D eigenvalue weighted by atomic mass is 10.2. The van der Waals surface area contributed by atoms with Gasteiger partial charge in [-0.3, -0.25) is 0 Å². The SMILES string of the molecule is Nc1cccc(I)c1C(F)F. The summed E-state index contributed by atoms with van der Waals surface area (Å²) >= 11 is 1.84. The summed E-state index contributed by atoms with van der Waals surface area (Å²) in [6.45, 7) is 0. The van der Waals surface area contributed by atoms with Crippen LogP contribution < -0.4 is 5.73 Å². The van der Waals surface area contributed by atoms with E-state index < -0.39 is 6.43 Å². The third-order valence-corrected chi connectivity index (χ3v) is 2.25. The second-order valence-electron chi connectivity index (χ2n) is 2.04. The first kappa shape index (κ1) is 8.70. The third-order valence-electron chi connectivity index (χ3n) is 1.30. The van der Waals surface area contributed by atoms with Gasteiger partial charge in [0.1, 0.15) is 0 Å². The number of rotatable bonds is 1. The van der Waals surface area contributed by atoms with Gasteiger partial charge in [0.25, 0.3) is 6.43 Å². The van der Waals surface area contributed by atoms with E-state index in [2.05, 4.69) is 0 Å². The zero-order chi connectivity index (χ0) is 8.43. The molecule has 0 aromatic heterocycles. The zero-order valence-corrected chi connectivity index (χ0v) is 7.68. The highest BCUT2D eigenvalue weighted by molar-refractivity contribution is 14.1. The van der Waals surface area contributed by atoms with Crippen LogP contribution in [0.15, 0.2) is 18.2 Å². The van der Waals surface area contributed by atoms with Crippen LogP contribution >= 0.6 is 22.6 Å². The fourth-order valence-corrected chi connectivity index (χ4v) is 1.54.